The molecule has 0 unspecified atom stereocenters. The second-order valence-corrected chi connectivity index (χ2v) is 4.57. The SMILES string of the molecule is CCOC(=O)c1cccc(NC(=S)NCCNC(C)=O)c1. The number of hydrogen-bond acceptors (Lipinski definition) is 4. The first kappa shape index (κ1) is 16.9. The average molecular weight is 309 g/mol. The van der Waals surface area contributed by atoms with Crippen molar-refractivity contribution in [3.8, 4) is 0 Å². The number of nitrogens with one attached hydrogen (secondary N) is 3. The standard InChI is InChI=1S/C14H19N3O3S/c1-3-20-13(19)11-5-4-6-12(9-11)17-14(21)16-8-7-15-10(2)18/h4-6,9H,3,7-8H2,1-2H3,(H,15,18)(H2,16,17,21). The van der Waals surface area contributed by atoms with Crippen LogP contribution >= 0.6 is 12.2 Å². The van der Waals surface area contributed by atoms with Crippen molar-refractivity contribution in [2.45, 2.75) is 13.8 Å². The molecular formula is C14H19N3O3S. The Balaban J connectivity index is 2.47. The fourth-order valence-corrected chi connectivity index (χ4v) is 1.75. The zero-order valence-corrected chi connectivity index (χ0v) is 12.9. The molecule has 1 amide bonds. The van der Waals surface area contributed by atoms with Gasteiger partial charge in [0.15, 0.2) is 5.11 Å². The summed E-state index contributed by atoms with van der Waals surface area (Å²) in [6.07, 6.45) is 0. The Morgan fingerprint density at radius 1 is 1.24 bits per heavy atom. The van der Waals surface area contributed by atoms with E-state index in [1.807, 2.05) is 0 Å². The Morgan fingerprint density at radius 2 is 1.95 bits per heavy atom. The third-order valence-electron chi connectivity index (χ3n) is 2.42. The maximum Gasteiger partial charge on any atom is 0.338 e. The summed E-state index contributed by atoms with van der Waals surface area (Å²) < 4.78 is 4.93. The van der Waals surface area contributed by atoms with Crippen LogP contribution in [0.5, 0.6) is 0 Å². The van der Waals surface area contributed by atoms with Crippen molar-refractivity contribution in [3.63, 3.8) is 0 Å². The zero-order chi connectivity index (χ0) is 15.7. The minimum Gasteiger partial charge on any atom is -0.462 e. The molecule has 0 atom stereocenters. The topological polar surface area (TPSA) is 79.5 Å². The smallest absolute Gasteiger partial charge is 0.338 e. The number of hydrogen-bond donors (Lipinski definition) is 3. The monoisotopic (exact) mass is 309 g/mol. The molecule has 0 bridgehead atoms. The van der Waals surface area contributed by atoms with Crippen LogP contribution in [0.4, 0.5) is 5.69 Å². The van der Waals surface area contributed by atoms with Crippen molar-refractivity contribution in [1.82, 2.24) is 10.6 Å². The first-order chi connectivity index (χ1) is 10.0. The molecule has 6 nitrogen and oxygen atoms in total. The van der Waals surface area contributed by atoms with Gasteiger partial charge in [0.25, 0.3) is 0 Å². The van der Waals surface area contributed by atoms with Gasteiger partial charge in [0.1, 0.15) is 0 Å². The van der Waals surface area contributed by atoms with Gasteiger partial charge in [-0.2, -0.15) is 0 Å². The van der Waals surface area contributed by atoms with Gasteiger partial charge in [0.2, 0.25) is 5.91 Å². The normalized spacial score (nSPS) is 9.62. The first-order valence-corrected chi connectivity index (χ1v) is 7.00. The van der Waals surface area contributed by atoms with Crippen LogP contribution in [0.1, 0.15) is 24.2 Å². The van der Waals surface area contributed by atoms with E-state index in [0.717, 1.165) is 0 Å². The molecule has 1 aromatic rings. The molecule has 114 valence electrons. The lowest BCUT2D eigenvalue weighted by molar-refractivity contribution is -0.118. The van der Waals surface area contributed by atoms with Crippen LogP contribution in [0.3, 0.4) is 0 Å². The molecule has 7 heteroatoms. The molecule has 0 aromatic heterocycles. The highest BCUT2D eigenvalue weighted by atomic mass is 32.1. The van der Waals surface area contributed by atoms with Crippen molar-refractivity contribution >= 4 is 34.9 Å². The number of rotatable bonds is 6. The molecule has 0 aliphatic heterocycles. The Morgan fingerprint density at radius 3 is 2.62 bits per heavy atom. The highest BCUT2D eigenvalue weighted by molar-refractivity contribution is 7.80. The van der Waals surface area contributed by atoms with Crippen LogP contribution in [0.2, 0.25) is 0 Å². The van der Waals surface area contributed by atoms with E-state index in [0.29, 0.717) is 36.1 Å². The van der Waals surface area contributed by atoms with Gasteiger partial charge >= 0.3 is 5.97 Å². The molecule has 0 aliphatic rings. The second-order valence-electron chi connectivity index (χ2n) is 4.17. The summed E-state index contributed by atoms with van der Waals surface area (Å²) >= 11 is 5.12. The molecule has 0 spiro atoms. The van der Waals surface area contributed by atoms with E-state index < -0.39 is 0 Å². The summed E-state index contributed by atoms with van der Waals surface area (Å²) in [6, 6.07) is 6.88. The lowest BCUT2D eigenvalue weighted by atomic mass is 10.2. The minimum absolute atomic E-state index is 0.0854. The van der Waals surface area contributed by atoms with Gasteiger partial charge in [-0.3, -0.25) is 4.79 Å². The number of ether oxygens (including phenoxy) is 1. The van der Waals surface area contributed by atoms with Crippen molar-refractivity contribution in [3.05, 3.63) is 29.8 Å². The molecule has 0 saturated carbocycles. The lowest BCUT2D eigenvalue weighted by Gasteiger charge is -2.11. The highest BCUT2D eigenvalue weighted by Crippen LogP contribution is 2.11. The van der Waals surface area contributed by atoms with Crippen LogP contribution < -0.4 is 16.0 Å². The molecule has 1 rings (SSSR count). The van der Waals surface area contributed by atoms with E-state index in [-0.39, 0.29) is 11.9 Å². The summed E-state index contributed by atoms with van der Waals surface area (Å²) in [5.74, 6) is -0.455. The molecule has 21 heavy (non-hydrogen) atoms. The highest BCUT2D eigenvalue weighted by Gasteiger charge is 2.07. The molecule has 0 fully saturated rings. The van der Waals surface area contributed by atoms with E-state index >= 15 is 0 Å². The minimum atomic E-state index is -0.370. The van der Waals surface area contributed by atoms with E-state index in [2.05, 4.69) is 16.0 Å². The summed E-state index contributed by atoms with van der Waals surface area (Å²) in [4.78, 5) is 22.3. The fourth-order valence-electron chi connectivity index (χ4n) is 1.53. The van der Waals surface area contributed by atoms with E-state index in [1.165, 1.54) is 6.92 Å². The Hall–Kier alpha value is -2.15. The number of thiocarbonyl (C=S) groups is 1. The lowest BCUT2D eigenvalue weighted by Crippen LogP contribution is -2.35. The third-order valence-corrected chi connectivity index (χ3v) is 2.66. The predicted molar refractivity (Wildman–Crippen MR) is 85.3 cm³/mol. The van der Waals surface area contributed by atoms with Gasteiger partial charge in [0, 0.05) is 25.7 Å². The van der Waals surface area contributed by atoms with Gasteiger partial charge in [-0.25, -0.2) is 4.79 Å². The Bertz CT molecular complexity index is 520. The summed E-state index contributed by atoms with van der Waals surface area (Å²) in [5, 5.41) is 8.99. The predicted octanol–water partition coefficient (Wildman–Crippen LogP) is 1.29. The number of amides is 1. The third kappa shape index (κ3) is 6.71. The van der Waals surface area contributed by atoms with E-state index in [1.54, 1.807) is 31.2 Å². The van der Waals surface area contributed by atoms with Crippen LogP contribution in [-0.2, 0) is 9.53 Å². The fraction of sp³-hybridized carbons (Fsp3) is 0.357. The summed E-state index contributed by atoms with van der Waals surface area (Å²) in [5.41, 5.74) is 1.15. The molecule has 0 radical (unpaired) electrons. The van der Waals surface area contributed by atoms with Gasteiger partial charge in [0.05, 0.1) is 12.2 Å². The quantitative estimate of drug-likeness (QED) is 0.417. The molecule has 0 saturated heterocycles. The first-order valence-electron chi connectivity index (χ1n) is 6.59. The maximum atomic E-state index is 11.6. The number of anilines is 1. The van der Waals surface area contributed by atoms with Gasteiger partial charge in [-0.1, -0.05) is 6.07 Å². The average Bonchev–Trinajstić information content (AvgIpc) is 2.44. The van der Waals surface area contributed by atoms with E-state index in [4.69, 9.17) is 17.0 Å². The van der Waals surface area contributed by atoms with E-state index in [9.17, 15) is 9.59 Å². The number of benzene rings is 1. The largest absolute Gasteiger partial charge is 0.462 e. The van der Waals surface area contributed by atoms with Crippen molar-refractivity contribution in [2.75, 3.05) is 25.0 Å². The van der Waals surface area contributed by atoms with Crippen molar-refractivity contribution in [2.24, 2.45) is 0 Å². The maximum absolute atomic E-state index is 11.6. The van der Waals surface area contributed by atoms with Crippen molar-refractivity contribution in [1.29, 1.82) is 0 Å². The Kier molecular flexibility index (Phi) is 7.17. The van der Waals surface area contributed by atoms with Gasteiger partial charge < -0.3 is 20.7 Å². The molecule has 3 N–H and O–H groups in total. The molecule has 1 aromatic carbocycles. The number of esters is 1. The molecule has 0 heterocycles. The zero-order valence-electron chi connectivity index (χ0n) is 12.1. The van der Waals surface area contributed by atoms with Gasteiger partial charge in [-0.05, 0) is 37.3 Å². The number of carbonyl (C=O) groups excluding carboxylic acids is 2. The number of carbonyl (C=O) groups is 2. The Labute approximate surface area is 129 Å². The molecule has 0 aliphatic carbocycles. The van der Waals surface area contributed by atoms with Crippen LogP contribution in [0, 0.1) is 0 Å². The second kappa shape index (κ2) is 8.91. The summed E-state index contributed by atoms with van der Waals surface area (Å²) in [6.45, 7) is 4.55. The van der Waals surface area contributed by atoms with Crippen molar-refractivity contribution < 1.29 is 14.3 Å². The van der Waals surface area contributed by atoms with Crippen LogP contribution in [0.15, 0.2) is 24.3 Å². The molecular weight excluding hydrogens is 290 g/mol. The summed E-state index contributed by atoms with van der Waals surface area (Å²) in [7, 11) is 0. The van der Waals surface area contributed by atoms with Crippen LogP contribution in [-0.4, -0.2) is 36.7 Å². The van der Waals surface area contributed by atoms with Gasteiger partial charge in [-0.15, -0.1) is 0 Å². The van der Waals surface area contributed by atoms with Crippen LogP contribution in [0.25, 0.3) is 0 Å².